The van der Waals surface area contributed by atoms with Gasteiger partial charge in [0, 0.05) is 10.8 Å². The van der Waals surface area contributed by atoms with Gasteiger partial charge in [0.05, 0.1) is 13.7 Å². The highest BCUT2D eigenvalue weighted by Crippen LogP contribution is 2.38. The Balaban J connectivity index is 2.28. The number of aromatic nitrogens is 1. The van der Waals surface area contributed by atoms with Gasteiger partial charge < -0.3 is 19.3 Å². The first-order valence-electron chi connectivity index (χ1n) is 6.77. The molecule has 0 atom stereocenters. The molecule has 6 nitrogen and oxygen atoms in total. The number of pyridine rings is 1. The maximum atomic E-state index is 11.5. The molecule has 0 spiro atoms. The summed E-state index contributed by atoms with van der Waals surface area (Å²) in [5.74, 6) is 0.00176. The number of fused-ring (bicyclic) bond motifs is 1. The average Bonchev–Trinajstić information content (AvgIpc) is 2.52. The summed E-state index contributed by atoms with van der Waals surface area (Å²) in [6.07, 6.45) is 0.688. The van der Waals surface area contributed by atoms with Gasteiger partial charge in [0.2, 0.25) is 0 Å². The van der Waals surface area contributed by atoms with E-state index in [4.69, 9.17) is 25.8 Å². The quantitative estimate of drug-likeness (QED) is 0.510. The molecule has 0 radical (unpaired) electrons. The number of nitrogens with zero attached hydrogens (tertiary/aromatic N) is 1. The summed E-state index contributed by atoms with van der Waals surface area (Å²) < 4.78 is 14.8. The van der Waals surface area contributed by atoms with E-state index in [1.54, 1.807) is 18.2 Å². The van der Waals surface area contributed by atoms with Gasteiger partial charge >= 0.3 is 6.16 Å². The van der Waals surface area contributed by atoms with E-state index in [0.717, 1.165) is 12.8 Å². The number of ether oxygens (including phenoxy) is 3. The molecule has 118 valence electrons. The van der Waals surface area contributed by atoms with Gasteiger partial charge in [-0.05, 0) is 24.6 Å². The third-order valence-corrected chi connectivity index (χ3v) is 3.29. The van der Waals surface area contributed by atoms with Crippen molar-refractivity contribution in [2.24, 2.45) is 0 Å². The Morgan fingerprint density at radius 1 is 1.36 bits per heavy atom. The number of aromatic hydroxyl groups is 1. The Bertz CT molecular complexity index is 689. The number of hydrogen-bond acceptors (Lipinski definition) is 6. The van der Waals surface area contributed by atoms with E-state index in [1.165, 1.54) is 7.11 Å². The van der Waals surface area contributed by atoms with E-state index in [0.29, 0.717) is 16.5 Å². The van der Waals surface area contributed by atoms with Crippen LogP contribution in [0, 0.1) is 0 Å². The van der Waals surface area contributed by atoms with Gasteiger partial charge in [-0.3, -0.25) is 0 Å². The fourth-order valence-corrected chi connectivity index (χ4v) is 2.06. The molecular formula is C15H16ClNO5. The number of carbonyl (C=O) groups excluding carboxylic acids is 1. The molecule has 0 unspecified atom stereocenters. The van der Waals surface area contributed by atoms with E-state index < -0.39 is 6.16 Å². The molecule has 0 aliphatic carbocycles. The zero-order chi connectivity index (χ0) is 16.1. The predicted octanol–water partition coefficient (Wildman–Crippen LogP) is 3.92. The second-order valence-corrected chi connectivity index (χ2v) is 4.88. The van der Waals surface area contributed by atoms with Crippen molar-refractivity contribution in [1.82, 2.24) is 4.98 Å². The van der Waals surface area contributed by atoms with Gasteiger partial charge in [-0.1, -0.05) is 24.9 Å². The summed E-state index contributed by atoms with van der Waals surface area (Å²) in [5.41, 5.74) is 0. The van der Waals surface area contributed by atoms with Crippen LogP contribution in [-0.4, -0.2) is 30.0 Å². The average molecular weight is 326 g/mol. The largest absolute Gasteiger partial charge is 0.515 e. The monoisotopic (exact) mass is 325 g/mol. The van der Waals surface area contributed by atoms with Crippen LogP contribution in [0.4, 0.5) is 4.79 Å². The topological polar surface area (TPSA) is 77.9 Å². The van der Waals surface area contributed by atoms with Crippen molar-refractivity contribution >= 4 is 28.5 Å². The first kappa shape index (κ1) is 16.2. The lowest BCUT2D eigenvalue weighted by Crippen LogP contribution is -2.12. The molecule has 1 N–H and O–H groups in total. The Morgan fingerprint density at radius 2 is 2.14 bits per heavy atom. The summed E-state index contributed by atoms with van der Waals surface area (Å²) in [4.78, 5) is 15.4. The van der Waals surface area contributed by atoms with Gasteiger partial charge in [-0.2, -0.15) is 4.98 Å². The smallest absolute Gasteiger partial charge is 0.503 e. The third kappa shape index (κ3) is 3.51. The Morgan fingerprint density at radius 3 is 2.82 bits per heavy atom. The van der Waals surface area contributed by atoms with Crippen LogP contribution in [-0.2, 0) is 4.74 Å². The second kappa shape index (κ2) is 7.17. The van der Waals surface area contributed by atoms with Crippen molar-refractivity contribution in [3.8, 4) is 17.4 Å². The van der Waals surface area contributed by atoms with Crippen LogP contribution in [0.5, 0.6) is 17.4 Å². The zero-order valence-electron chi connectivity index (χ0n) is 12.3. The number of rotatable bonds is 5. The van der Waals surface area contributed by atoms with Crippen LogP contribution in [0.1, 0.15) is 19.8 Å². The SMILES string of the molecule is CCCCOC(=O)Oc1nc(Cl)c2cc(OC)ccc2c1O. The highest BCUT2D eigenvalue weighted by molar-refractivity contribution is 6.34. The van der Waals surface area contributed by atoms with Crippen LogP contribution in [0.25, 0.3) is 10.8 Å². The maximum Gasteiger partial charge on any atom is 0.515 e. The molecule has 0 bridgehead atoms. The van der Waals surface area contributed by atoms with Crippen LogP contribution >= 0.6 is 11.6 Å². The van der Waals surface area contributed by atoms with Crippen LogP contribution in [0.3, 0.4) is 0 Å². The van der Waals surface area contributed by atoms with Crippen molar-refractivity contribution in [1.29, 1.82) is 0 Å². The lowest BCUT2D eigenvalue weighted by Gasteiger charge is -2.10. The standard InChI is InChI=1S/C15H16ClNO5/c1-3-4-7-21-15(19)22-14-12(18)10-6-5-9(20-2)8-11(10)13(16)17-14/h5-6,8,18H,3-4,7H2,1-2H3. The number of carbonyl (C=O) groups is 1. The molecule has 0 aliphatic heterocycles. The Labute approximate surface area is 132 Å². The minimum absolute atomic E-state index is 0.0862. The summed E-state index contributed by atoms with van der Waals surface area (Å²) in [5, 5.41) is 11.1. The van der Waals surface area contributed by atoms with Crippen molar-refractivity contribution in [2.45, 2.75) is 19.8 Å². The summed E-state index contributed by atoms with van der Waals surface area (Å²) in [6.45, 7) is 2.22. The molecule has 7 heteroatoms. The highest BCUT2D eigenvalue weighted by Gasteiger charge is 2.17. The lowest BCUT2D eigenvalue weighted by molar-refractivity contribution is 0.0952. The Hall–Kier alpha value is -2.21. The molecule has 0 amide bonds. The Kier molecular flexibility index (Phi) is 5.27. The molecule has 0 saturated heterocycles. The highest BCUT2D eigenvalue weighted by atomic mass is 35.5. The van der Waals surface area contributed by atoms with Crippen molar-refractivity contribution in [3.05, 3.63) is 23.4 Å². The number of hydrogen-bond donors (Lipinski definition) is 1. The second-order valence-electron chi connectivity index (χ2n) is 4.52. The third-order valence-electron chi connectivity index (χ3n) is 3.00. The van der Waals surface area contributed by atoms with E-state index in [2.05, 4.69) is 4.98 Å². The van der Waals surface area contributed by atoms with Gasteiger partial charge in [-0.15, -0.1) is 0 Å². The minimum Gasteiger partial charge on any atom is -0.503 e. The van der Waals surface area contributed by atoms with Crippen molar-refractivity contribution in [2.75, 3.05) is 13.7 Å². The fraction of sp³-hybridized carbons (Fsp3) is 0.333. The molecule has 1 aromatic carbocycles. The zero-order valence-corrected chi connectivity index (χ0v) is 13.0. The van der Waals surface area contributed by atoms with Gasteiger partial charge in [0.25, 0.3) is 5.88 Å². The molecule has 0 fully saturated rings. The van der Waals surface area contributed by atoms with E-state index in [-0.39, 0.29) is 23.4 Å². The van der Waals surface area contributed by atoms with Crippen LogP contribution in [0.2, 0.25) is 5.15 Å². The number of halogens is 1. The first-order valence-corrected chi connectivity index (χ1v) is 7.15. The molecule has 2 aromatic rings. The molecule has 0 aliphatic rings. The summed E-state index contributed by atoms with van der Waals surface area (Å²) in [6, 6.07) is 4.89. The summed E-state index contributed by atoms with van der Waals surface area (Å²) >= 11 is 6.06. The number of methoxy groups -OCH3 is 1. The maximum absolute atomic E-state index is 11.5. The predicted molar refractivity (Wildman–Crippen MR) is 81.9 cm³/mol. The lowest BCUT2D eigenvalue weighted by atomic mass is 10.1. The molecule has 22 heavy (non-hydrogen) atoms. The first-order chi connectivity index (χ1) is 10.6. The van der Waals surface area contributed by atoms with Crippen molar-refractivity contribution in [3.63, 3.8) is 0 Å². The van der Waals surface area contributed by atoms with Crippen LogP contribution in [0.15, 0.2) is 18.2 Å². The van der Waals surface area contributed by atoms with Gasteiger partial charge in [0.15, 0.2) is 5.75 Å². The van der Waals surface area contributed by atoms with Crippen LogP contribution < -0.4 is 9.47 Å². The summed E-state index contributed by atoms with van der Waals surface area (Å²) in [7, 11) is 1.52. The fourth-order valence-electron chi connectivity index (χ4n) is 1.82. The van der Waals surface area contributed by atoms with Crippen molar-refractivity contribution < 1.29 is 24.1 Å². The normalized spacial score (nSPS) is 10.5. The number of benzene rings is 1. The molecule has 1 heterocycles. The van der Waals surface area contributed by atoms with E-state index in [1.807, 2.05) is 6.92 Å². The van der Waals surface area contributed by atoms with E-state index >= 15 is 0 Å². The van der Waals surface area contributed by atoms with E-state index in [9.17, 15) is 9.90 Å². The molecular weight excluding hydrogens is 310 g/mol. The van der Waals surface area contributed by atoms with Gasteiger partial charge in [-0.25, -0.2) is 4.79 Å². The number of unbranched alkanes of at least 4 members (excludes halogenated alkanes) is 1. The molecule has 1 aromatic heterocycles. The minimum atomic E-state index is -0.930. The molecule has 2 rings (SSSR count). The molecule has 0 saturated carbocycles. The van der Waals surface area contributed by atoms with Gasteiger partial charge in [0.1, 0.15) is 10.9 Å².